The van der Waals surface area contributed by atoms with Gasteiger partial charge in [0.15, 0.2) is 0 Å². The van der Waals surface area contributed by atoms with E-state index in [4.69, 9.17) is 0 Å². The third kappa shape index (κ3) is 4.99. The van der Waals surface area contributed by atoms with Gasteiger partial charge < -0.3 is 15.5 Å². The Labute approximate surface area is 114 Å². The van der Waals surface area contributed by atoms with Crippen LogP contribution in [0.4, 0.5) is 5.69 Å². The molecule has 0 unspecified atom stereocenters. The average molecular weight is 263 g/mol. The summed E-state index contributed by atoms with van der Waals surface area (Å²) in [4.78, 5) is 24.7. The molecule has 0 heterocycles. The summed E-state index contributed by atoms with van der Waals surface area (Å²) in [5.74, 6) is -0.0902. The minimum atomic E-state index is -0.0524. The lowest BCUT2D eigenvalue weighted by Crippen LogP contribution is -2.34. The van der Waals surface area contributed by atoms with Crippen molar-refractivity contribution in [2.75, 3.05) is 26.0 Å². The number of amides is 2. The van der Waals surface area contributed by atoms with E-state index in [1.165, 1.54) is 4.90 Å². The van der Waals surface area contributed by atoms with Gasteiger partial charge in [0.25, 0.3) is 5.91 Å². The molecule has 0 atom stereocenters. The molecule has 5 heteroatoms. The highest BCUT2D eigenvalue weighted by atomic mass is 16.2. The predicted octanol–water partition coefficient (Wildman–Crippen LogP) is 1.32. The van der Waals surface area contributed by atoms with E-state index in [-0.39, 0.29) is 24.4 Å². The van der Waals surface area contributed by atoms with E-state index in [2.05, 4.69) is 10.6 Å². The molecule has 19 heavy (non-hydrogen) atoms. The Morgan fingerprint density at radius 2 is 1.74 bits per heavy atom. The van der Waals surface area contributed by atoms with Gasteiger partial charge in [-0.2, -0.15) is 0 Å². The topological polar surface area (TPSA) is 61.4 Å². The first-order chi connectivity index (χ1) is 8.90. The molecular formula is C14H21N3O2. The molecule has 1 aromatic rings. The fraction of sp³-hybridized carbons (Fsp3) is 0.429. The maximum atomic E-state index is 11.7. The van der Waals surface area contributed by atoms with E-state index < -0.39 is 0 Å². The van der Waals surface area contributed by atoms with Crippen LogP contribution in [-0.4, -0.2) is 43.4 Å². The highest BCUT2D eigenvalue weighted by molar-refractivity contribution is 5.94. The van der Waals surface area contributed by atoms with Gasteiger partial charge in [-0.15, -0.1) is 0 Å². The molecule has 2 amide bonds. The van der Waals surface area contributed by atoms with Crippen LogP contribution in [0.25, 0.3) is 0 Å². The molecular weight excluding hydrogens is 242 g/mol. The molecule has 0 radical (unpaired) electrons. The number of rotatable bonds is 5. The molecule has 0 saturated carbocycles. The van der Waals surface area contributed by atoms with Crippen molar-refractivity contribution in [3.63, 3.8) is 0 Å². The summed E-state index contributed by atoms with van der Waals surface area (Å²) in [6, 6.07) is 7.20. The van der Waals surface area contributed by atoms with Gasteiger partial charge in [-0.3, -0.25) is 9.59 Å². The standard InChI is InChI=1S/C14H21N3O2/c1-10(2)16-13(18)9-15-12-7-5-11(6-8-12)14(19)17(3)4/h5-8,10,15H,9H2,1-4H3,(H,16,18). The SMILES string of the molecule is CC(C)NC(=O)CNc1ccc(C(=O)N(C)C)cc1. The Hall–Kier alpha value is -2.04. The fourth-order valence-corrected chi connectivity index (χ4v) is 1.54. The minimum Gasteiger partial charge on any atom is -0.376 e. The van der Waals surface area contributed by atoms with Gasteiger partial charge in [0.05, 0.1) is 6.54 Å². The number of hydrogen-bond acceptors (Lipinski definition) is 3. The number of anilines is 1. The lowest BCUT2D eigenvalue weighted by Gasteiger charge is -2.12. The molecule has 1 rings (SSSR count). The summed E-state index contributed by atoms with van der Waals surface area (Å²) in [6.07, 6.45) is 0. The monoisotopic (exact) mass is 263 g/mol. The first kappa shape index (κ1) is 15.0. The van der Waals surface area contributed by atoms with E-state index >= 15 is 0 Å². The quantitative estimate of drug-likeness (QED) is 0.842. The van der Waals surface area contributed by atoms with Crippen LogP contribution in [0.3, 0.4) is 0 Å². The molecule has 0 fully saturated rings. The molecule has 0 aliphatic rings. The van der Waals surface area contributed by atoms with E-state index in [1.54, 1.807) is 38.4 Å². The largest absolute Gasteiger partial charge is 0.376 e. The first-order valence-corrected chi connectivity index (χ1v) is 6.25. The molecule has 0 aromatic heterocycles. The van der Waals surface area contributed by atoms with Crippen molar-refractivity contribution in [3.05, 3.63) is 29.8 Å². The van der Waals surface area contributed by atoms with E-state index in [9.17, 15) is 9.59 Å². The van der Waals surface area contributed by atoms with E-state index in [0.717, 1.165) is 5.69 Å². The zero-order chi connectivity index (χ0) is 14.4. The van der Waals surface area contributed by atoms with Crippen molar-refractivity contribution >= 4 is 17.5 Å². The Morgan fingerprint density at radius 1 is 1.16 bits per heavy atom. The Bertz CT molecular complexity index is 439. The van der Waals surface area contributed by atoms with Gasteiger partial charge in [0.2, 0.25) is 5.91 Å². The lowest BCUT2D eigenvalue weighted by atomic mass is 10.2. The van der Waals surface area contributed by atoms with Crippen LogP contribution in [0.1, 0.15) is 24.2 Å². The molecule has 0 spiro atoms. The Kier molecular flexibility index (Phi) is 5.36. The van der Waals surface area contributed by atoms with Crippen LogP contribution in [0.2, 0.25) is 0 Å². The van der Waals surface area contributed by atoms with E-state index in [1.807, 2.05) is 13.8 Å². The number of nitrogens with one attached hydrogen (secondary N) is 2. The predicted molar refractivity (Wildman–Crippen MR) is 76.2 cm³/mol. The van der Waals surface area contributed by atoms with E-state index in [0.29, 0.717) is 5.56 Å². The molecule has 0 aliphatic heterocycles. The van der Waals surface area contributed by atoms with Crippen LogP contribution >= 0.6 is 0 Å². The fourth-order valence-electron chi connectivity index (χ4n) is 1.54. The van der Waals surface area contributed by atoms with Gasteiger partial charge in [0.1, 0.15) is 0 Å². The highest BCUT2D eigenvalue weighted by Gasteiger charge is 2.07. The number of benzene rings is 1. The molecule has 2 N–H and O–H groups in total. The summed E-state index contributed by atoms with van der Waals surface area (Å²) in [6.45, 7) is 4.05. The smallest absolute Gasteiger partial charge is 0.253 e. The summed E-state index contributed by atoms with van der Waals surface area (Å²) < 4.78 is 0. The average Bonchev–Trinajstić information content (AvgIpc) is 2.35. The van der Waals surface area contributed by atoms with Crippen molar-refractivity contribution in [3.8, 4) is 0 Å². The molecule has 1 aromatic carbocycles. The Morgan fingerprint density at radius 3 is 2.21 bits per heavy atom. The summed E-state index contributed by atoms with van der Waals surface area (Å²) in [5, 5.41) is 5.80. The lowest BCUT2D eigenvalue weighted by molar-refractivity contribution is -0.119. The van der Waals surface area contributed by atoms with Crippen LogP contribution in [-0.2, 0) is 4.79 Å². The van der Waals surface area contributed by atoms with Gasteiger partial charge in [-0.05, 0) is 38.1 Å². The van der Waals surface area contributed by atoms with Crippen LogP contribution in [0.5, 0.6) is 0 Å². The van der Waals surface area contributed by atoms with Crippen LogP contribution in [0.15, 0.2) is 24.3 Å². The summed E-state index contributed by atoms with van der Waals surface area (Å²) in [5.41, 5.74) is 1.44. The van der Waals surface area contributed by atoms with Crippen molar-refractivity contribution < 1.29 is 9.59 Å². The molecule has 5 nitrogen and oxygen atoms in total. The Balaban J connectivity index is 2.53. The van der Waals surface area contributed by atoms with Gasteiger partial charge >= 0.3 is 0 Å². The number of nitrogens with zero attached hydrogens (tertiary/aromatic N) is 1. The van der Waals surface area contributed by atoms with Crippen molar-refractivity contribution in [1.82, 2.24) is 10.2 Å². The second kappa shape index (κ2) is 6.78. The first-order valence-electron chi connectivity index (χ1n) is 6.25. The van der Waals surface area contributed by atoms with Crippen LogP contribution in [0, 0.1) is 0 Å². The highest BCUT2D eigenvalue weighted by Crippen LogP contribution is 2.10. The van der Waals surface area contributed by atoms with Crippen molar-refractivity contribution in [1.29, 1.82) is 0 Å². The summed E-state index contributed by atoms with van der Waals surface area (Å²) >= 11 is 0. The number of carbonyl (C=O) groups is 2. The number of carbonyl (C=O) groups excluding carboxylic acids is 2. The number of hydrogen-bond donors (Lipinski definition) is 2. The van der Waals surface area contributed by atoms with Crippen LogP contribution < -0.4 is 10.6 Å². The molecule has 0 saturated heterocycles. The van der Waals surface area contributed by atoms with Crippen molar-refractivity contribution in [2.24, 2.45) is 0 Å². The zero-order valence-electron chi connectivity index (χ0n) is 11.9. The molecule has 0 bridgehead atoms. The van der Waals surface area contributed by atoms with Gasteiger partial charge in [-0.1, -0.05) is 0 Å². The second-order valence-electron chi connectivity index (χ2n) is 4.85. The molecule has 104 valence electrons. The maximum Gasteiger partial charge on any atom is 0.253 e. The third-order valence-electron chi connectivity index (χ3n) is 2.44. The maximum absolute atomic E-state index is 11.7. The third-order valence-corrected chi connectivity index (χ3v) is 2.44. The molecule has 0 aliphatic carbocycles. The normalized spacial score (nSPS) is 10.2. The van der Waals surface area contributed by atoms with Gasteiger partial charge in [0, 0.05) is 31.4 Å². The zero-order valence-corrected chi connectivity index (χ0v) is 11.9. The van der Waals surface area contributed by atoms with Gasteiger partial charge in [-0.25, -0.2) is 0 Å². The van der Waals surface area contributed by atoms with Crippen molar-refractivity contribution in [2.45, 2.75) is 19.9 Å². The summed E-state index contributed by atoms with van der Waals surface area (Å²) in [7, 11) is 3.43. The second-order valence-corrected chi connectivity index (χ2v) is 4.85. The minimum absolute atomic E-state index is 0.0379.